The molecule has 11 nitrogen and oxygen atoms in total. The number of carbonyl (C=O) groups is 3. The van der Waals surface area contributed by atoms with E-state index in [4.69, 9.17) is 17.3 Å². The van der Waals surface area contributed by atoms with Gasteiger partial charge in [0.15, 0.2) is 16.3 Å². The number of thiazole rings is 1. The Balaban J connectivity index is 1.38. The predicted octanol–water partition coefficient (Wildman–Crippen LogP) is 2.62. The molecule has 5 N–H and O–H groups in total. The van der Waals surface area contributed by atoms with Gasteiger partial charge in [-0.3, -0.25) is 19.3 Å². The summed E-state index contributed by atoms with van der Waals surface area (Å²) >= 11 is 10.6. The number of rotatable bonds is 6. The molecular formula is C21H14ClN5O6S4. The number of aliphatic carboxylic acids is 1. The van der Waals surface area contributed by atoms with Gasteiger partial charge in [0.1, 0.15) is 27.1 Å². The average Bonchev–Trinajstić information content (AvgIpc) is 3.19. The molecule has 1 saturated heterocycles. The van der Waals surface area contributed by atoms with Gasteiger partial charge in [0.2, 0.25) is 0 Å². The Morgan fingerprint density at radius 3 is 2.70 bits per heavy atom. The van der Waals surface area contributed by atoms with Crippen LogP contribution in [0.15, 0.2) is 55.1 Å². The number of oxime groups is 1. The summed E-state index contributed by atoms with van der Waals surface area (Å²) in [4.78, 5) is 55.8. The van der Waals surface area contributed by atoms with Crippen molar-refractivity contribution in [3.8, 4) is 0 Å². The number of β-lactam (4-membered cyclic amide) rings is 1. The lowest BCUT2D eigenvalue weighted by Gasteiger charge is -2.49. The van der Waals surface area contributed by atoms with E-state index < -0.39 is 34.9 Å². The number of aromatic nitrogens is 1. The van der Waals surface area contributed by atoms with Crippen LogP contribution in [0.25, 0.3) is 10.1 Å². The molecule has 3 aromatic rings. The zero-order chi connectivity index (χ0) is 26.4. The van der Waals surface area contributed by atoms with Crippen LogP contribution in [-0.2, 0) is 14.4 Å². The molecule has 0 bridgehead atoms. The fourth-order valence-electron chi connectivity index (χ4n) is 3.80. The zero-order valence-corrected chi connectivity index (χ0v) is 22.2. The minimum absolute atomic E-state index is 0.0304. The number of carbonyl (C=O) groups excluding carboxylic acids is 2. The van der Waals surface area contributed by atoms with E-state index in [1.807, 2.05) is 12.1 Å². The van der Waals surface area contributed by atoms with E-state index >= 15 is 0 Å². The highest BCUT2D eigenvalue weighted by Crippen LogP contribution is 2.46. The lowest BCUT2D eigenvalue weighted by Crippen LogP contribution is -2.71. The van der Waals surface area contributed by atoms with Crippen LogP contribution in [0.4, 0.5) is 5.13 Å². The maximum atomic E-state index is 13.0. The molecule has 1 unspecified atom stereocenters. The Morgan fingerprint density at radius 1 is 1.27 bits per heavy atom. The van der Waals surface area contributed by atoms with Gasteiger partial charge in [-0.05, 0) is 12.1 Å². The molecule has 2 aromatic heterocycles. The first-order valence-corrected chi connectivity index (χ1v) is 14.1. The van der Waals surface area contributed by atoms with Gasteiger partial charge in [0.25, 0.3) is 11.8 Å². The molecule has 16 heteroatoms. The van der Waals surface area contributed by atoms with Crippen LogP contribution < -0.4 is 16.5 Å². The molecular weight excluding hydrogens is 582 g/mol. The molecule has 1 fully saturated rings. The highest BCUT2D eigenvalue weighted by Gasteiger charge is 2.54. The second kappa shape index (κ2) is 9.98. The van der Waals surface area contributed by atoms with E-state index in [-0.39, 0.29) is 32.0 Å². The third-order valence-corrected chi connectivity index (χ3v) is 10.2. The van der Waals surface area contributed by atoms with Gasteiger partial charge in [-0.1, -0.05) is 52.0 Å². The minimum Gasteiger partial charge on any atom is -0.477 e. The second-order valence-electron chi connectivity index (χ2n) is 7.59. The smallest absolute Gasteiger partial charge is 0.353 e. The summed E-state index contributed by atoms with van der Waals surface area (Å²) in [5.41, 5.74) is 4.53. The summed E-state index contributed by atoms with van der Waals surface area (Å²) in [6, 6.07) is 7.51. The third kappa shape index (κ3) is 4.57. The number of carboxylic acids is 1. The van der Waals surface area contributed by atoms with Crippen molar-refractivity contribution >= 4 is 96.5 Å². The number of nitrogens with one attached hydrogen (secondary N) is 1. The molecule has 0 spiro atoms. The van der Waals surface area contributed by atoms with Crippen LogP contribution >= 0.6 is 57.8 Å². The van der Waals surface area contributed by atoms with E-state index in [0.29, 0.717) is 14.5 Å². The van der Waals surface area contributed by atoms with E-state index in [2.05, 4.69) is 15.5 Å². The molecule has 5 rings (SSSR count). The first kappa shape index (κ1) is 25.5. The topological polar surface area (TPSA) is 175 Å². The Kier molecular flexibility index (Phi) is 6.89. The maximum absolute atomic E-state index is 13.0. The summed E-state index contributed by atoms with van der Waals surface area (Å²) in [6.45, 7) is 0. The van der Waals surface area contributed by atoms with Crippen molar-refractivity contribution in [1.82, 2.24) is 15.2 Å². The maximum Gasteiger partial charge on any atom is 0.353 e. The van der Waals surface area contributed by atoms with Gasteiger partial charge in [-0.15, -0.1) is 23.1 Å². The number of amides is 2. The third-order valence-electron chi connectivity index (χ3n) is 5.40. The molecule has 1 aromatic carbocycles. The Bertz CT molecular complexity index is 1600. The lowest BCUT2D eigenvalue weighted by atomic mass is 10.0. The normalized spacial score (nSPS) is 19.5. The van der Waals surface area contributed by atoms with Gasteiger partial charge < -0.3 is 21.4 Å². The summed E-state index contributed by atoms with van der Waals surface area (Å²) in [6.07, 6.45) is 0. The molecule has 2 amide bonds. The van der Waals surface area contributed by atoms with Gasteiger partial charge in [-0.25, -0.2) is 9.78 Å². The summed E-state index contributed by atoms with van der Waals surface area (Å²) in [5.74, 6) is -2.64. The average molecular weight is 596 g/mol. The van der Waals surface area contributed by atoms with Crippen molar-refractivity contribution in [3.63, 3.8) is 0 Å². The van der Waals surface area contributed by atoms with Crippen molar-refractivity contribution in [2.75, 3.05) is 11.5 Å². The number of nitrogen functional groups attached to an aromatic ring is 1. The van der Waals surface area contributed by atoms with Crippen LogP contribution in [0, 0.1) is 0 Å². The Hall–Kier alpha value is -3.11. The standard InChI is InChI=1S/C21H14ClN5O6S4/c22-16-12(25-21(23)37-16)13(26-33)17(29)24-14-18(30)27-15(20(31)32)10(6-34-19(14)27)36-11-5-8(28)7-3-1-2-4-9(7)35-11/h1-5,14,19,33H,6H2,(H2,23,25)(H,24,29)(H,31,32)/t14?,19-/m0/s1. The van der Waals surface area contributed by atoms with Crippen LogP contribution in [0.5, 0.6) is 0 Å². The van der Waals surface area contributed by atoms with Gasteiger partial charge in [-0.2, -0.15) is 0 Å². The predicted molar refractivity (Wildman–Crippen MR) is 143 cm³/mol. The van der Waals surface area contributed by atoms with E-state index in [1.165, 1.54) is 29.2 Å². The SMILES string of the molecule is Nc1nc(C(=NO)C(=O)NC2C(=O)N3C(C(=O)O)=C(Sc4cc(=O)c5ccccc5s4)CS[C@@H]23)c(Cl)s1. The zero-order valence-electron chi connectivity index (χ0n) is 18.2. The van der Waals surface area contributed by atoms with Crippen molar-refractivity contribution in [2.24, 2.45) is 5.16 Å². The van der Waals surface area contributed by atoms with Crippen molar-refractivity contribution in [2.45, 2.75) is 15.6 Å². The van der Waals surface area contributed by atoms with Crippen molar-refractivity contribution in [3.05, 3.63) is 61.2 Å². The molecule has 0 saturated carbocycles. The molecule has 0 radical (unpaired) electrons. The number of nitrogens with two attached hydrogens (primary N) is 1. The number of fused-ring (bicyclic) bond motifs is 2. The molecule has 2 atom stereocenters. The molecule has 4 heterocycles. The second-order valence-corrected chi connectivity index (χ2v) is 12.8. The molecule has 190 valence electrons. The number of nitrogens with zero attached hydrogens (tertiary/aromatic N) is 3. The van der Waals surface area contributed by atoms with E-state index in [1.54, 1.807) is 12.1 Å². The number of thioether (sulfide) groups is 2. The van der Waals surface area contributed by atoms with Gasteiger partial charge in [0, 0.05) is 26.8 Å². The summed E-state index contributed by atoms with van der Waals surface area (Å²) < 4.78 is 1.39. The van der Waals surface area contributed by atoms with Gasteiger partial charge in [0.05, 0.1) is 4.21 Å². The van der Waals surface area contributed by atoms with Crippen LogP contribution in [-0.4, -0.2) is 60.9 Å². The first-order valence-electron chi connectivity index (χ1n) is 10.3. The van der Waals surface area contributed by atoms with Crippen molar-refractivity contribution < 1.29 is 24.7 Å². The highest BCUT2D eigenvalue weighted by molar-refractivity contribution is 8.07. The number of carboxylic acid groups (broad SMARTS) is 1. The van der Waals surface area contributed by atoms with Crippen molar-refractivity contribution in [1.29, 1.82) is 0 Å². The molecule has 0 aliphatic carbocycles. The number of hydrogen-bond acceptors (Lipinski definition) is 12. The molecule has 2 aliphatic rings. The van der Waals surface area contributed by atoms with Crippen LogP contribution in [0.3, 0.4) is 0 Å². The molecule has 2 aliphatic heterocycles. The highest BCUT2D eigenvalue weighted by atomic mass is 35.5. The molecule has 37 heavy (non-hydrogen) atoms. The number of hydrogen-bond donors (Lipinski definition) is 4. The van der Waals surface area contributed by atoms with E-state index in [9.17, 15) is 29.5 Å². The Labute approximate surface area is 229 Å². The van der Waals surface area contributed by atoms with E-state index in [0.717, 1.165) is 32.7 Å². The first-order chi connectivity index (χ1) is 17.7. The minimum atomic E-state index is -1.30. The largest absolute Gasteiger partial charge is 0.477 e. The fraction of sp³-hybridized carbons (Fsp3) is 0.143. The quantitative estimate of drug-likeness (QED) is 0.143. The monoisotopic (exact) mass is 595 g/mol. The number of halogens is 1. The van der Waals surface area contributed by atoms with Crippen LogP contribution in [0.1, 0.15) is 5.69 Å². The Morgan fingerprint density at radius 2 is 2.03 bits per heavy atom. The summed E-state index contributed by atoms with van der Waals surface area (Å²) in [5, 5.41) is 24.6. The van der Waals surface area contributed by atoms with Crippen LogP contribution in [0.2, 0.25) is 4.34 Å². The summed E-state index contributed by atoms with van der Waals surface area (Å²) in [7, 11) is 0. The number of benzene rings is 1. The van der Waals surface area contributed by atoms with Gasteiger partial charge >= 0.3 is 5.97 Å². The lowest BCUT2D eigenvalue weighted by molar-refractivity contribution is -0.150. The number of anilines is 1. The fourth-order valence-corrected chi connectivity index (χ4v) is 8.60.